The van der Waals surface area contributed by atoms with Gasteiger partial charge in [-0.05, 0) is 50.0 Å². The number of fused-ring (bicyclic) bond motifs is 1. The van der Waals surface area contributed by atoms with Crippen molar-refractivity contribution in [3.8, 4) is 0 Å². The van der Waals surface area contributed by atoms with Crippen molar-refractivity contribution in [3.05, 3.63) is 35.6 Å². The second-order valence-corrected chi connectivity index (χ2v) is 7.50. The van der Waals surface area contributed by atoms with Crippen LogP contribution < -0.4 is 0 Å². The van der Waals surface area contributed by atoms with Gasteiger partial charge in [-0.1, -0.05) is 25.1 Å². The molecule has 5 rings (SSSR count). The third kappa shape index (κ3) is 1.97. The van der Waals surface area contributed by atoms with Crippen LogP contribution in [-0.2, 0) is 16.1 Å². The molecule has 0 radical (unpaired) electrons. The average Bonchev–Trinajstić information content (AvgIpc) is 2.65. The van der Waals surface area contributed by atoms with Crippen molar-refractivity contribution >= 4 is 0 Å². The van der Waals surface area contributed by atoms with Gasteiger partial charge in [0, 0.05) is 5.56 Å². The Kier molecular flexibility index (Phi) is 2.96. The Morgan fingerprint density at radius 3 is 2.81 bits per heavy atom. The minimum absolute atomic E-state index is 0.0766. The average molecular weight is 290 g/mol. The fraction of sp³-hybridized carbons (Fsp3) is 0.667. The van der Waals surface area contributed by atoms with E-state index in [2.05, 4.69) is 13.8 Å². The van der Waals surface area contributed by atoms with Gasteiger partial charge in [0.25, 0.3) is 0 Å². The van der Waals surface area contributed by atoms with Crippen LogP contribution in [0.25, 0.3) is 0 Å². The zero-order chi connectivity index (χ0) is 14.7. The molecule has 4 bridgehead atoms. The van der Waals surface area contributed by atoms with Gasteiger partial charge >= 0.3 is 0 Å². The van der Waals surface area contributed by atoms with E-state index in [-0.39, 0.29) is 22.9 Å². The molecule has 2 saturated heterocycles. The van der Waals surface area contributed by atoms with E-state index in [1.807, 2.05) is 6.07 Å². The van der Waals surface area contributed by atoms with Crippen LogP contribution in [0.3, 0.4) is 0 Å². The molecule has 2 aliphatic heterocycles. The molecule has 0 spiro atoms. The van der Waals surface area contributed by atoms with Crippen molar-refractivity contribution in [2.45, 2.75) is 63.9 Å². The Balaban J connectivity index is 1.51. The van der Waals surface area contributed by atoms with E-state index in [0.717, 1.165) is 18.8 Å². The molecule has 114 valence electrons. The highest BCUT2D eigenvalue weighted by Gasteiger charge is 2.63. The SMILES string of the molecule is C[C@]12C[C@H](OCc3ccccc3F)[C@]3(C)C[C@@H]1CC[C@@H]2O3. The highest BCUT2D eigenvalue weighted by Crippen LogP contribution is 2.62. The van der Waals surface area contributed by atoms with Crippen molar-refractivity contribution in [1.29, 1.82) is 0 Å². The molecule has 0 amide bonds. The Morgan fingerprint density at radius 2 is 2.05 bits per heavy atom. The molecule has 4 aliphatic rings. The summed E-state index contributed by atoms with van der Waals surface area (Å²) in [6, 6.07) is 6.86. The first-order valence-corrected chi connectivity index (χ1v) is 8.04. The number of benzene rings is 1. The lowest BCUT2D eigenvalue weighted by Crippen LogP contribution is -2.63. The largest absolute Gasteiger partial charge is 0.370 e. The Hall–Kier alpha value is -0.930. The van der Waals surface area contributed by atoms with E-state index in [1.54, 1.807) is 12.1 Å². The van der Waals surface area contributed by atoms with Crippen LogP contribution >= 0.6 is 0 Å². The van der Waals surface area contributed by atoms with Crippen LogP contribution in [0.4, 0.5) is 4.39 Å². The summed E-state index contributed by atoms with van der Waals surface area (Å²) in [6.45, 7) is 4.87. The summed E-state index contributed by atoms with van der Waals surface area (Å²) in [6.07, 6.45) is 5.09. The summed E-state index contributed by atoms with van der Waals surface area (Å²) in [5, 5.41) is 0. The molecule has 0 aromatic heterocycles. The van der Waals surface area contributed by atoms with Gasteiger partial charge in [0.2, 0.25) is 0 Å². The summed E-state index contributed by atoms with van der Waals surface area (Å²) in [5.41, 5.74) is 0.711. The number of ether oxygens (including phenoxy) is 2. The predicted molar refractivity (Wildman–Crippen MR) is 78.3 cm³/mol. The lowest BCUT2D eigenvalue weighted by molar-refractivity contribution is -0.280. The van der Waals surface area contributed by atoms with Gasteiger partial charge in [-0.25, -0.2) is 4.39 Å². The molecular formula is C18H23FO2. The topological polar surface area (TPSA) is 18.5 Å². The smallest absolute Gasteiger partial charge is 0.128 e. The van der Waals surface area contributed by atoms with Gasteiger partial charge in [0.15, 0.2) is 0 Å². The standard InChI is InChI=1S/C18H23FO2/c1-17-10-16(20-11-12-5-3-4-6-14(12)19)18(2)9-13(17)7-8-15(17)21-18/h3-6,13,15-16H,7-11H2,1-2H3/t13-,15-,16-,17-,18-/m0/s1. The summed E-state index contributed by atoms with van der Waals surface area (Å²) in [4.78, 5) is 0. The van der Waals surface area contributed by atoms with E-state index in [1.165, 1.54) is 18.9 Å². The van der Waals surface area contributed by atoms with Crippen LogP contribution in [-0.4, -0.2) is 17.8 Å². The maximum atomic E-state index is 13.7. The Bertz CT molecular complexity index is 542. The number of hydrogen-bond acceptors (Lipinski definition) is 2. The minimum Gasteiger partial charge on any atom is -0.370 e. The molecule has 0 N–H and O–H groups in total. The van der Waals surface area contributed by atoms with Crippen LogP contribution in [0.5, 0.6) is 0 Å². The highest BCUT2D eigenvalue weighted by molar-refractivity contribution is 5.17. The van der Waals surface area contributed by atoms with Gasteiger partial charge in [0.1, 0.15) is 5.82 Å². The van der Waals surface area contributed by atoms with Crippen molar-refractivity contribution in [2.75, 3.05) is 0 Å². The lowest BCUT2D eigenvalue weighted by atomic mass is 9.60. The van der Waals surface area contributed by atoms with Crippen LogP contribution in [0.2, 0.25) is 0 Å². The maximum absolute atomic E-state index is 13.7. The number of hydrogen-bond donors (Lipinski definition) is 0. The molecule has 1 aromatic carbocycles. The minimum atomic E-state index is -0.186. The first kappa shape index (κ1) is 13.7. The zero-order valence-corrected chi connectivity index (χ0v) is 12.8. The molecule has 0 unspecified atom stereocenters. The molecule has 5 atom stereocenters. The quantitative estimate of drug-likeness (QED) is 0.835. The molecule has 2 nitrogen and oxygen atoms in total. The molecule has 21 heavy (non-hydrogen) atoms. The van der Waals surface area contributed by atoms with Crippen molar-refractivity contribution in [3.63, 3.8) is 0 Å². The molecule has 3 heteroatoms. The van der Waals surface area contributed by atoms with Crippen molar-refractivity contribution in [1.82, 2.24) is 0 Å². The molecule has 2 saturated carbocycles. The third-order valence-corrected chi connectivity index (χ3v) is 6.21. The Labute approximate surface area is 125 Å². The van der Waals surface area contributed by atoms with Gasteiger partial charge < -0.3 is 9.47 Å². The summed E-state index contributed by atoms with van der Waals surface area (Å²) < 4.78 is 26.2. The van der Waals surface area contributed by atoms with Crippen LogP contribution in [0.1, 0.15) is 45.1 Å². The third-order valence-electron chi connectivity index (χ3n) is 6.21. The van der Waals surface area contributed by atoms with E-state index in [9.17, 15) is 4.39 Å². The van der Waals surface area contributed by atoms with Crippen molar-refractivity contribution < 1.29 is 13.9 Å². The monoisotopic (exact) mass is 290 g/mol. The van der Waals surface area contributed by atoms with E-state index in [0.29, 0.717) is 18.3 Å². The fourth-order valence-corrected chi connectivity index (χ4v) is 4.83. The van der Waals surface area contributed by atoms with Crippen LogP contribution in [0.15, 0.2) is 24.3 Å². The Morgan fingerprint density at radius 1 is 1.24 bits per heavy atom. The van der Waals surface area contributed by atoms with E-state index < -0.39 is 0 Å². The molecule has 2 aliphatic carbocycles. The summed E-state index contributed by atoms with van der Waals surface area (Å²) in [7, 11) is 0. The first-order chi connectivity index (χ1) is 10.0. The molecule has 1 aromatic rings. The molecule has 4 fully saturated rings. The second-order valence-electron chi connectivity index (χ2n) is 7.50. The normalized spacial score (nSPS) is 44.2. The lowest BCUT2D eigenvalue weighted by Gasteiger charge is -2.58. The van der Waals surface area contributed by atoms with Crippen molar-refractivity contribution in [2.24, 2.45) is 11.3 Å². The van der Waals surface area contributed by atoms with E-state index >= 15 is 0 Å². The first-order valence-electron chi connectivity index (χ1n) is 8.04. The van der Waals surface area contributed by atoms with Gasteiger partial charge in [-0.15, -0.1) is 0 Å². The highest BCUT2D eigenvalue weighted by atomic mass is 19.1. The van der Waals surface area contributed by atoms with Crippen LogP contribution in [0, 0.1) is 17.2 Å². The fourth-order valence-electron chi connectivity index (χ4n) is 4.83. The molecular weight excluding hydrogens is 267 g/mol. The zero-order valence-electron chi connectivity index (χ0n) is 12.8. The summed E-state index contributed by atoms with van der Waals surface area (Å²) in [5.74, 6) is 0.588. The predicted octanol–water partition coefficient (Wildman–Crippen LogP) is 4.08. The second kappa shape index (κ2) is 4.53. The maximum Gasteiger partial charge on any atom is 0.128 e. The van der Waals surface area contributed by atoms with Gasteiger partial charge in [-0.3, -0.25) is 0 Å². The summed E-state index contributed by atoms with van der Waals surface area (Å²) >= 11 is 0. The van der Waals surface area contributed by atoms with E-state index in [4.69, 9.17) is 9.47 Å². The van der Waals surface area contributed by atoms with Gasteiger partial charge in [0.05, 0.1) is 24.4 Å². The number of rotatable bonds is 3. The number of halogens is 1. The molecule has 2 heterocycles. The van der Waals surface area contributed by atoms with Gasteiger partial charge in [-0.2, -0.15) is 0 Å².